The Bertz CT molecular complexity index is 374. The quantitative estimate of drug-likeness (QED) is 0.812. The van der Waals surface area contributed by atoms with Gasteiger partial charge in [-0.15, -0.1) is 0 Å². The molecule has 1 atom stereocenters. The molecule has 1 rings (SSSR count). The van der Waals surface area contributed by atoms with Gasteiger partial charge in [-0.3, -0.25) is 9.59 Å². The van der Waals surface area contributed by atoms with Crippen LogP contribution in [0.1, 0.15) is 47.0 Å². The summed E-state index contributed by atoms with van der Waals surface area (Å²) in [6.45, 7) is 10.2. The minimum absolute atomic E-state index is 0.0347. The minimum atomic E-state index is 0.0347. The molecule has 2 N–H and O–H groups in total. The number of hydrogen-bond donors (Lipinski definition) is 1. The smallest absolute Gasteiger partial charge is 0.225 e. The van der Waals surface area contributed by atoms with Gasteiger partial charge in [-0.1, -0.05) is 27.7 Å². The first-order valence-electron chi connectivity index (χ1n) is 8.53. The summed E-state index contributed by atoms with van der Waals surface area (Å²) >= 11 is 0. The highest BCUT2D eigenvalue weighted by molar-refractivity contribution is 5.80. The fourth-order valence-electron chi connectivity index (χ4n) is 2.81. The van der Waals surface area contributed by atoms with Crippen molar-refractivity contribution in [3.8, 4) is 0 Å². The van der Waals surface area contributed by atoms with Crippen LogP contribution < -0.4 is 5.73 Å². The summed E-state index contributed by atoms with van der Waals surface area (Å²) in [6, 6.07) is 0.140. The summed E-state index contributed by atoms with van der Waals surface area (Å²) in [5.41, 5.74) is 6.04. The molecule has 0 aromatic rings. The van der Waals surface area contributed by atoms with E-state index in [-0.39, 0.29) is 29.7 Å². The van der Waals surface area contributed by atoms with Crippen molar-refractivity contribution in [3.63, 3.8) is 0 Å². The Balaban J connectivity index is 2.40. The van der Waals surface area contributed by atoms with Crippen LogP contribution in [0.3, 0.4) is 0 Å². The largest absolute Gasteiger partial charge is 0.345 e. The number of rotatable bonds is 6. The molecule has 1 unspecified atom stereocenters. The number of amides is 2. The molecule has 1 fully saturated rings. The molecular formula is C17H33N3O2. The molecule has 0 bridgehead atoms. The topological polar surface area (TPSA) is 66.6 Å². The SMILES string of the molecule is CC(C)C(=O)N1CCC(C(=O)N(C)CCC(N)C(C)C)CC1. The molecular weight excluding hydrogens is 278 g/mol. The zero-order chi connectivity index (χ0) is 16.9. The standard InChI is InChI=1S/C17H33N3O2/c1-12(2)15(18)8-9-19(5)17(22)14-6-10-20(11-7-14)16(21)13(3)4/h12-15H,6-11,18H2,1-5H3. The van der Waals surface area contributed by atoms with Gasteiger partial charge in [0.25, 0.3) is 0 Å². The Morgan fingerprint density at radius 1 is 1.18 bits per heavy atom. The van der Waals surface area contributed by atoms with Crippen molar-refractivity contribution in [1.82, 2.24) is 9.80 Å². The highest BCUT2D eigenvalue weighted by Gasteiger charge is 2.29. The summed E-state index contributed by atoms with van der Waals surface area (Å²) in [6.07, 6.45) is 2.39. The van der Waals surface area contributed by atoms with Gasteiger partial charge in [0.1, 0.15) is 0 Å². The van der Waals surface area contributed by atoms with Gasteiger partial charge in [0.05, 0.1) is 0 Å². The van der Waals surface area contributed by atoms with Crippen LogP contribution in [0.2, 0.25) is 0 Å². The zero-order valence-corrected chi connectivity index (χ0v) is 14.8. The van der Waals surface area contributed by atoms with Crippen LogP contribution >= 0.6 is 0 Å². The van der Waals surface area contributed by atoms with E-state index in [4.69, 9.17) is 5.73 Å². The van der Waals surface area contributed by atoms with Crippen molar-refractivity contribution < 1.29 is 9.59 Å². The van der Waals surface area contributed by atoms with Crippen LogP contribution in [0.25, 0.3) is 0 Å². The fraction of sp³-hybridized carbons (Fsp3) is 0.882. The van der Waals surface area contributed by atoms with Crippen LogP contribution in [0.4, 0.5) is 0 Å². The van der Waals surface area contributed by atoms with Gasteiger partial charge in [0.2, 0.25) is 11.8 Å². The van der Waals surface area contributed by atoms with Crippen LogP contribution in [-0.4, -0.2) is 54.3 Å². The normalized spacial score (nSPS) is 17.9. The van der Waals surface area contributed by atoms with Gasteiger partial charge in [-0.25, -0.2) is 0 Å². The van der Waals surface area contributed by atoms with Crippen molar-refractivity contribution in [2.45, 2.75) is 53.0 Å². The lowest BCUT2D eigenvalue weighted by atomic mass is 9.94. The Morgan fingerprint density at radius 3 is 2.18 bits per heavy atom. The van der Waals surface area contributed by atoms with Crippen LogP contribution in [0, 0.1) is 17.8 Å². The average Bonchev–Trinajstić information content (AvgIpc) is 2.50. The third-order valence-corrected chi connectivity index (χ3v) is 4.68. The van der Waals surface area contributed by atoms with E-state index in [1.54, 1.807) is 0 Å². The first kappa shape index (κ1) is 18.9. The molecule has 5 nitrogen and oxygen atoms in total. The molecule has 1 saturated heterocycles. The van der Waals surface area contributed by atoms with Gasteiger partial charge >= 0.3 is 0 Å². The molecule has 1 aliphatic heterocycles. The molecule has 2 amide bonds. The lowest BCUT2D eigenvalue weighted by molar-refractivity contribution is -0.141. The second kappa shape index (κ2) is 8.51. The fourth-order valence-corrected chi connectivity index (χ4v) is 2.81. The molecule has 0 aromatic carbocycles. The second-order valence-corrected chi connectivity index (χ2v) is 7.21. The number of hydrogen-bond acceptors (Lipinski definition) is 3. The maximum atomic E-state index is 12.5. The van der Waals surface area contributed by atoms with E-state index in [2.05, 4.69) is 13.8 Å². The van der Waals surface area contributed by atoms with Crippen molar-refractivity contribution in [1.29, 1.82) is 0 Å². The summed E-state index contributed by atoms with van der Waals surface area (Å²) in [7, 11) is 1.86. The highest BCUT2D eigenvalue weighted by Crippen LogP contribution is 2.21. The number of carbonyl (C=O) groups excluding carboxylic acids is 2. The molecule has 22 heavy (non-hydrogen) atoms. The summed E-state index contributed by atoms with van der Waals surface area (Å²) in [5, 5.41) is 0. The van der Waals surface area contributed by atoms with Gasteiger partial charge in [0, 0.05) is 44.6 Å². The first-order chi connectivity index (χ1) is 10.2. The van der Waals surface area contributed by atoms with E-state index in [0.29, 0.717) is 25.6 Å². The number of carbonyl (C=O) groups is 2. The lowest BCUT2D eigenvalue weighted by Gasteiger charge is -2.34. The third-order valence-electron chi connectivity index (χ3n) is 4.68. The molecule has 5 heteroatoms. The van der Waals surface area contributed by atoms with E-state index >= 15 is 0 Å². The van der Waals surface area contributed by atoms with E-state index in [9.17, 15) is 9.59 Å². The molecule has 0 radical (unpaired) electrons. The first-order valence-corrected chi connectivity index (χ1v) is 8.53. The highest BCUT2D eigenvalue weighted by atomic mass is 16.2. The molecule has 0 aromatic heterocycles. The average molecular weight is 311 g/mol. The van der Waals surface area contributed by atoms with E-state index < -0.39 is 0 Å². The van der Waals surface area contributed by atoms with Crippen LogP contribution in [0.5, 0.6) is 0 Å². The molecule has 0 spiro atoms. The number of nitrogens with two attached hydrogens (primary N) is 1. The number of piperidine rings is 1. The molecule has 128 valence electrons. The Morgan fingerprint density at radius 2 is 1.73 bits per heavy atom. The van der Waals surface area contributed by atoms with Gasteiger partial charge < -0.3 is 15.5 Å². The summed E-state index contributed by atoms with van der Waals surface area (Å²) < 4.78 is 0. The van der Waals surface area contributed by atoms with Crippen molar-refractivity contribution in [3.05, 3.63) is 0 Å². The minimum Gasteiger partial charge on any atom is -0.345 e. The third kappa shape index (κ3) is 5.27. The molecule has 0 aliphatic carbocycles. The monoisotopic (exact) mass is 311 g/mol. The molecule has 1 heterocycles. The van der Waals surface area contributed by atoms with Gasteiger partial charge in [-0.05, 0) is 25.2 Å². The number of likely N-dealkylation sites (tertiary alicyclic amines) is 1. The van der Waals surface area contributed by atoms with Crippen LogP contribution in [0.15, 0.2) is 0 Å². The molecule has 0 saturated carbocycles. The van der Waals surface area contributed by atoms with Crippen LogP contribution in [-0.2, 0) is 9.59 Å². The second-order valence-electron chi connectivity index (χ2n) is 7.21. The maximum Gasteiger partial charge on any atom is 0.225 e. The van der Waals surface area contributed by atoms with Crippen molar-refractivity contribution in [2.24, 2.45) is 23.5 Å². The van der Waals surface area contributed by atoms with Gasteiger partial charge in [0.15, 0.2) is 0 Å². The van der Waals surface area contributed by atoms with Gasteiger partial charge in [-0.2, -0.15) is 0 Å². The van der Waals surface area contributed by atoms with Crippen molar-refractivity contribution >= 4 is 11.8 Å². The lowest BCUT2D eigenvalue weighted by Crippen LogP contribution is -2.45. The summed E-state index contributed by atoms with van der Waals surface area (Å²) in [4.78, 5) is 28.1. The Hall–Kier alpha value is -1.10. The predicted octanol–water partition coefficient (Wildman–Crippen LogP) is 1.71. The zero-order valence-electron chi connectivity index (χ0n) is 14.8. The Kier molecular flexibility index (Phi) is 7.33. The van der Waals surface area contributed by atoms with E-state index in [1.165, 1.54) is 0 Å². The summed E-state index contributed by atoms with van der Waals surface area (Å²) in [5.74, 6) is 0.924. The van der Waals surface area contributed by atoms with E-state index in [0.717, 1.165) is 19.3 Å². The predicted molar refractivity (Wildman–Crippen MR) is 89.2 cm³/mol. The Labute approximate surface area is 135 Å². The van der Waals surface area contributed by atoms with Crippen molar-refractivity contribution in [2.75, 3.05) is 26.7 Å². The number of nitrogens with zero attached hydrogens (tertiary/aromatic N) is 2. The molecule has 1 aliphatic rings. The van der Waals surface area contributed by atoms with E-state index in [1.807, 2.05) is 30.7 Å². The maximum absolute atomic E-state index is 12.5.